The molecule has 3 aromatic rings. The highest BCUT2D eigenvalue weighted by molar-refractivity contribution is 5.97. The molecule has 0 saturated heterocycles. The Hall–Kier alpha value is -4.13. The molecule has 0 fully saturated rings. The van der Waals surface area contributed by atoms with Crippen LogP contribution in [0, 0.1) is 17.2 Å². The van der Waals surface area contributed by atoms with Gasteiger partial charge >= 0.3 is 5.97 Å². The number of likely N-dealkylation sites (N-methyl/N-ethyl adjacent to an activating group) is 1. The first-order chi connectivity index (χ1) is 19.5. The molecule has 0 spiro atoms. The van der Waals surface area contributed by atoms with Gasteiger partial charge in [-0.25, -0.2) is 4.39 Å². The highest BCUT2D eigenvalue weighted by Gasteiger charge is 2.36. The van der Waals surface area contributed by atoms with E-state index in [4.69, 9.17) is 9.47 Å². The number of benzene rings is 3. The summed E-state index contributed by atoms with van der Waals surface area (Å²) in [6, 6.07) is 16.0. The lowest BCUT2D eigenvalue weighted by atomic mass is 9.79. The lowest BCUT2D eigenvalue weighted by Gasteiger charge is -2.34. The molecule has 2 atom stereocenters. The summed E-state index contributed by atoms with van der Waals surface area (Å²) in [6.45, 7) is 6.68. The molecular formula is C34H36FNO5. The predicted octanol–water partition coefficient (Wildman–Crippen LogP) is 7.17. The fourth-order valence-corrected chi connectivity index (χ4v) is 6.02. The van der Waals surface area contributed by atoms with E-state index in [1.54, 1.807) is 56.3 Å². The van der Waals surface area contributed by atoms with Gasteiger partial charge in [0.2, 0.25) is 0 Å². The van der Waals surface area contributed by atoms with Crippen molar-refractivity contribution in [2.24, 2.45) is 11.3 Å². The first kappa shape index (κ1) is 28.4. The Balaban J connectivity index is 1.48. The zero-order valence-electron chi connectivity index (χ0n) is 24.2. The second-order valence-electron chi connectivity index (χ2n) is 11.7. The molecule has 7 heteroatoms. The molecule has 0 radical (unpaired) electrons. The number of ether oxygens (including phenoxy) is 2. The maximum atomic E-state index is 15.1. The van der Waals surface area contributed by atoms with Crippen LogP contribution in [0.3, 0.4) is 0 Å². The van der Waals surface area contributed by atoms with E-state index in [2.05, 4.69) is 26.0 Å². The Labute approximate surface area is 240 Å². The average Bonchev–Trinajstić information content (AvgIpc) is 3.32. The van der Waals surface area contributed by atoms with Gasteiger partial charge in [0.05, 0.1) is 13.0 Å². The van der Waals surface area contributed by atoms with Crippen LogP contribution in [0.25, 0.3) is 16.7 Å². The van der Waals surface area contributed by atoms with Gasteiger partial charge in [-0.1, -0.05) is 39.0 Å². The fraction of sp³-hybridized carbons (Fsp3) is 0.353. The number of nitrogens with zero attached hydrogens (tertiary/aromatic N) is 1. The van der Waals surface area contributed by atoms with Crippen molar-refractivity contribution >= 4 is 17.4 Å². The van der Waals surface area contributed by atoms with Crippen LogP contribution in [0.5, 0.6) is 11.5 Å². The van der Waals surface area contributed by atoms with Crippen molar-refractivity contribution in [3.63, 3.8) is 0 Å². The molecule has 5 rings (SSSR count). The molecule has 6 nitrogen and oxygen atoms in total. The number of amides is 1. The number of carboxylic acids is 1. The van der Waals surface area contributed by atoms with Crippen molar-refractivity contribution in [1.29, 1.82) is 0 Å². The largest absolute Gasteiger partial charge is 0.497 e. The number of carbonyl (C=O) groups is 2. The molecule has 3 aromatic carbocycles. The van der Waals surface area contributed by atoms with Crippen LogP contribution in [0.15, 0.2) is 60.7 Å². The number of carboxylic acid groups (broad SMARTS) is 1. The molecule has 214 valence electrons. The normalized spacial score (nSPS) is 18.5. The predicted molar refractivity (Wildman–Crippen MR) is 157 cm³/mol. The Bertz CT molecular complexity index is 1540. The third-order valence-electron chi connectivity index (χ3n) is 8.55. The van der Waals surface area contributed by atoms with E-state index in [0.717, 1.165) is 29.5 Å². The highest BCUT2D eigenvalue weighted by atomic mass is 19.1. The number of allylic oxidation sites excluding steroid dienone is 2. The van der Waals surface area contributed by atoms with Crippen LogP contribution in [-0.2, 0) is 11.4 Å². The molecular weight excluding hydrogens is 521 g/mol. The molecule has 1 amide bonds. The summed E-state index contributed by atoms with van der Waals surface area (Å²) < 4.78 is 26.7. The summed E-state index contributed by atoms with van der Waals surface area (Å²) in [5, 5.41) is 9.67. The summed E-state index contributed by atoms with van der Waals surface area (Å²) in [4.78, 5) is 26.1. The van der Waals surface area contributed by atoms with Gasteiger partial charge in [0.25, 0.3) is 5.91 Å². The van der Waals surface area contributed by atoms with Crippen LogP contribution in [-0.4, -0.2) is 42.6 Å². The van der Waals surface area contributed by atoms with Crippen molar-refractivity contribution in [2.45, 2.75) is 46.1 Å². The van der Waals surface area contributed by atoms with Crippen molar-refractivity contribution in [3.05, 3.63) is 88.7 Å². The molecule has 41 heavy (non-hydrogen) atoms. The number of hydrogen-bond donors (Lipinski definition) is 1. The number of methoxy groups -OCH3 is 1. The number of hydrogen-bond acceptors (Lipinski definition) is 4. The lowest BCUT2D eigenvalue weighted by Crippen LogP contribution is -2.40. The number of aliphatic carboxylic acids is 1. The third kappa shape index (κ3) is 5.45. The maximum absolute atomic E-state index is 15.1. The van der Waals surface area contributed by atoms with Crippen LogP contribution in [0.1, 0.15) is 66.6 Å². The molecule has 2 aliphatic rings. The molecule has 0 bridgehead atoms. The van der Waals surface area contributed by atoms with Gasteiger partial charge in [-0.15, -0.1) is 0 Å². The summed E-state index contributed by atoms with van der Waals surface area (Å²) in [6.07, 6.45) is 4.22. The molecule has 1 aliphatic carbocycles. The third-order valence-corrected chi connectivity index (χ3v) is 8.55. The van der Waals surface area contributed by atoms with Gasteiger partial charge in [-0.05, 0) is 88.5 Å². The number of rotatable bonds is 8. The van der Waals surface area contributed by atoms with Gasteiger partial charge in [0.15, 0.2) is 0 Å². The minimum atomic E-state index is -0.903. The topological polar surface area (TPSA) is 76.1 Å². The van der Waals surface area contributed by atoms with Crippen molar-refractivity contribution in [3.8, 4) is 22.6 Å². The zero-order valence-corrected chi connectivity index (χ0v) is 24.2. The second-order valence-corrected chi connectivity index (χ2v) is 11.7. The quantitative estimate of drug-likeness (QED) is 0.318. The lowest BCUT2D eigenvalue weighted by molar-refractivity contribution is -0.142. The monoisotopic (exact) mass is 557 g/mol. The summed E-state index contributed by atoms with van der Waals surface area (Å²) in [7, 11) is 3.26. The maximum Gasteiger partial charge on any atom is 0.306 e. The Morgan fingerprint density at radius 1 is 1.05 bits per heavy atom. The standard InChI is InChI=1S/C34H36FNO5/c1-20(33(38)39)29-18-36(4)32(37)25-12-9-23(17-26(25)29)41-19-21-8-11-24(28-16-22(40-5)10-13-31(28)35)27(15-21)30-7-6-14-34(30,2)3/h7-13,15-17,20,29H,6,14,18-19H2,1-5H3,(H,38,39)/t20-,29?/m0/s1. The van der Waals surface area contributed by atoms with Crippen LogP contribution < -0.4 is 9.47 Å². The van der Waals surface area contributed by atoms with E-state index in [9.17, 15) is 14.7 Å². The molecule has 1 unspecified atom stereocenters. The van der Waals surface area contributed by atoms with Gasteiger partial charge < -0.3 is 19.5 Å². The van der Waals surface area contributed by atoms with Crippen molar-refractivity contribution in [2.75, 3.05) is 20.7 Å². The Kier molecular flexibility index (Phi) is 7.64. The van der Waals surface area contributed by atoms with E-state index >= 15 is 4.39 Å². The van der Waals surface area contributed by atoms with E-state index in [-0.39, 0.29) is 29.7 Å². The van der Waals surface area contributed by atoms with Crippen LogP contribution >= 0.6 is 0 Å². The van der Waals surface area contributed by atoms with E-state index < -0.39 is 11.9 Å². The first-order valence-electron chi connectivity index (χ1n) is 13.9. The van der Waals surface area contributed by atoms with E-state index in [0.29, 0.717) is 34.7 Å². The van der Waals surface area contributed by atoms with Crippen LogP contribution in [0.2, 0.25) is 0 Å². The van der Waals surface area contributed by atoms with Gasteiger partial charge in [-0.2, -0.15) is 0 Å². The molecule has 1 heterocycles. The van der Waals surface area contributed by atoms with Gasteiger partial charge in [0, 0.05) is 30.6 Å². The average molecular weight is 558 g/mol. The van der Waals surface area contributed by atoms with Crippen LogP contribution in [0.4, 0.5) is 4.39 Å². The molecule has 1 N–H and O–H groups in total. The SMILES string of the molecule is COc1ccc(F)c(-c2ccc(COc3ccc4c(c3)C([C@H](C)C(=O)O)CN(C)C4=O)cc2C2=CCCC2(C)C)c1. The summed E-state index contributed by atoms with van der Waals surface area (Å²) in [5.41, 5.74) is 5.49. The molecule has 0 saturated carbocycles. The minimum Gasteiger partial charge on any atom is -0.497 e. The summed E-state index contributed by atoms with van der Waals surface area (Å²) >= 11 is 0. The van der Waals surface area contributed by atoms with Gasteiger partial charge in [-0.3, -0.25) is 9.59 Å². The highest BCUT2D eigenvalue weighted by Crippen LogP contribution is 2.47. The fourth-order valence-electron chi connectivity index (χ4n) is 6.02. The van der Waals surface area contributed by atoms with E-state index in [1.807, 2.05) is 12.1 Å². The van der Waals surface area contributed by atoms with E-state index in [1.165, 1.54) is 11.6 Å². The summed E-state index contributed by atoms with van der Waals surface area (Å²) in [5.74, 6) is -1.19. The second kappa shape index (κ2) is 11.0. The number of carbonyl (C=O) groups excluding carboxylic acids is 1. The first-order valence-corrected chi connectivity index (χ1v) is 13.9. The zero-order chi connectivity index (χ0) is 29.5. The van der Waals surface area contributed by atoms with Gasteiger partial charge in [0.1, 0.15) is 23.9 Å². The number of fused-ring (bicyclic) bond motifs is 1. The van der Waals surface area contributed by atoms with Crippen molar-refractivity contribution < 1.29 is 28.6 Å². The Morgan fingerprint density at radius 2 is 1.78 bits per heavy atom. The number of halogens is 1. The molecule has 0 aromatic heterocycles. The Morgan fingerprint density at radius 3 is 2.46 bits per heavy atom. The van der Waals surface area contributed by atoms with Crippen molar-refractivity contribution in [1.82, 2.24) is 4.90 Å². The minimum absolute atomic E-state index is 0.0579. The molecule has 1 aliphatic heterocycles. The smallest absolute Gasteiger partial charge is 0.306 e.